The third-order valence-electron chi connectivity index (χ3n) is 24.5. The number of unbranched alkanes of at least 4 members (excludes halogenated alkanes) is 30. The van der Waals surface area contributed by atoms with Gasteiger partial charge in [-0.05, 0) is 204 Å². The van der Waals surface area contributed by atoms with Gasteiger partial charge in [0.05, 0.1) is 11.7 Å². The average Bonchev–Trinajstić information content (AvgIpc) is 1.55. The van der Waals surface area contributed by atoms with E-state index < -0.39 is 8.07 Å². The minimum atomic E-state index is -2.09. The zero-order valence-corrected chi connectivity index (χ0v) is 79.1. The third-order valence-corrected chi connectivity index (χ3v) is 40.5. The van der Waals surface area contributed by atoms with Crippen LogP contribution in [-0.2, 0) is 32.1 Å². The van der Waals surface area contributed by atoms with Crippen molar-refractivity contribution in [3.8, 4) is 101 Å². The molecule has 0 atom stereocenters. The van der Waals surface area contributed by atoms with Gasteiger partial charge in [-0.1, -0.05) is 309 Å². The van der Waals surface area contributed by atoms with Crippen molar-refractivity contribution < 1.29 is 0 Å². The van der Waals surface area contributed by atoms with Gasteiger partial charge in [0.1, 0.15) is 19.1 Å². The monoisotopic (exact) mass is 1700 g/mol. The SMILES string of the molecule is CCCCCCCCc1cc(C)sc1-c1ccc(-c2ccc(-c3sc(-c4ccc(-c5cc(CCCCCCCC)c(-c6ccc(-c7ccc(-c8sc(-c9ccc%10c(c9)[Si](CCCCCCCC)(CCCCCCCC)c9cc(CCC)ccc9-%10)cc8CCCCCCCC)s7)s6)s5)c5nsnc45)cc3CCCCCCCC)s2)s1. The highest BCUT2D eigenvalue weighted by Gasteiger charge is 2.45. The average molecular weight is 1700 g/mol. The summed E-state index contributed by atoms with van der Waals surface area (Å²) in [5.74, 6) is 0. The Hall–Kier alpha value is -4.70. The summed E-state index contributed by atoms with van der Waals surface area (Å²) >= 11 is 17.5. The lowest BCUT2D eigenvalue weighted by atomic mass is 10.0. The fraction of sp³-hybridized carbons (Fsp3) is 0.510. The van der Waals surface area contributed by atoms with Crippen molar-refractivity contribution in [3.05, 3.63) is 154 Å². The molecule has 1 aliphatic rings. The van der Waals surface area contributed by atoms with E-state index in [1.807, 2.05) is 79.4 Å². The summed E-state index contributed by atoms with van der Waals surface area (Å²) in [6, 6.07) is 53.0. The molecule has 10 heterocycles. The van der Waals surface area contributed by atoms with Gasteiger partial charge in [0.2, 0.25) is 0 Å². The molecule has 0 aliphatic carbocycles. The second kappa shape index (κ2) is 45.1. The Bertz CT molecular complexity index is 4870. The Morgan fingerprint density at radius 1 is 0.246 bits per heavy atom. The van der Waals surface area contributed by atoms with Crippen LogP contribution in [0.2, 0.25) is 12.1 Å². The van der Waals surface area contributed by atoms with Crippen LogP contribution < -0.4 is 10.4 Å². The first kappa shape index (κ1) is 87.1. The molecule has 0 radical (unpaired) electrons. The fourth-order valence-corrected chi connectivity index (χ4v) is 33.9. The van der Waals surface area contributed by atoms with Crippen molar-refractivity contribution in [2.75, 3.05) is 0 Å². The molecular formula is C102H132N2S9Si. The van der Waals surface area contributed by atoms with Crippen molar-refractivity contribution in [3.63, 3.8) is 0 Å². The molecule has 2 nitrogen and oxygen atoms in total. The number of rotatable bonds is 53. The van der Waals surface area contributed by atoms with E-state index in [1.165, 1.54) is 380 Å². The maximum absolute atomic E-state index is 5.22. The smallest absolute Gasteiger partial charge is 0.119 e. The molecule has 114 heavy (non-hydrogen) atoms. The molecule has 0 bridgehead atoms. The quantitative estimate of drug-likeness (QED) is 0.0280. The van der Waals surface area contributed by atoms with Crippen LogP contribution in [0, 0.1) is 6.92 Å². The number of thiophene rings is 8. The first-order valence-electron chi connectivity index (χ1n) is 45.6. The molecule has 0 spiro atoms. The Morgan fingerprint density at radius 3 is 0.956 bits per heavy atom. The number of aromatic nitrogens is 2. The lowest BCUT2D eigenvalue weighted by molar-refractivity contribution is 0.608. The summed E-state index contributed by atoms with van der Waals surface area (Å²) < 4.78 is 10.4. The molecule has 9 aromatic heterocycles. The molecule has 3 aromatic carbocycles. The van der Waals surface area contributed by atoms with Gasteiger partial charge in [0.25, 0.3) is 0 Å². The van der Waals surface area contributed by atoms with Crippen LogP contribution in [0.15, 0.2) is 121 Å². The normalized spacial score (nSPS) is 12.6. The van der Waals surface area contributed by atoms with Crippen LogP contribution in [-0.4, -0.2) is 16.8 Å². The summed E-state index contributed by atoms with van der Waals surface area (Å²) in [4.78, 5) is 22.6. The summed E-state index contributed by atoms with van der Waals surface area (Å²) in [6.07, 6.45) is 54.8. The van der Waals surface area contributed by atoms with Gasteiger partial charge < -0.3 is 0 Å². The molecule has 13 rings (SSSR count). The molecule has 12 aromatic rings. The van der Waals surface area contributed by atoms with Crippen LogP contribution in [0.1, 0.15) is 319 Å². The minimum absolute atomic E-state index is 1.04. The summed E-state index contributed by atoms with van der Waals surface area (Å²) in [5.41, 5.74) is 16.8. The molecule has 0 saturated heterocycles. The minimum Gasteiger partial charge on any atom is -0.172 e. The Balaban J connectivity index is 0.788. The van der Waals surface area contributed by atoms with Crippen molar-refractivity contribution >= 4 is 132 Å². The van der Waals surface area contributed by atoms with Gasteiger partial charge in [-0.15, -0.1) is 90.7 Å². The highest BCUT2D eigenvalue weighted by Crippen LogP contribution is 2.52. The standard InChI is InChI=1S/C102H132N2S9Si/c1-9-16-22-28-34-40-47-76-67-73(8)105-99(76)88-61-57-84(106-88)85-59-63-90(108-85)101-78(49-42-36-30-24-18-11-3)70-93(111-101)82-55-56-83(98-97(82)103-113-104-98)94-71-79(50-43-37-31-25-19-12-4)102(112-94)91-64-60-87(109-91)86-58-62-89(107-86)100-77(48-41-35-29-23-17-10-2)69-92(110-100)75-52-54-81-80-53-51-74(46-15-7)68-95(80)114(96(81)72-75,65-44-38-32-26-20-13-5)66-45-39-33-27-21-14-6/h51-64,67-72H,9-50,65-66H2,1-8H3. The zero-order chi connectivity index (χ0) is 78.9. The zero-order valence-electron chi connectivity index (χ0n) is 70.7. The van der Waals surface area contributed by atoms with Crippen LogP contribution in [0.4, 0.5) is 0 Å². The number of aryl methyl sites for hydroxylation is 6. The predicted octanol–water partition coefficient (Wildman–Crippen LogP) is 36.3. The van der Waals surface area contributed by atoms with Gasteiger partial charge in [0, 0.05) is 89.2 Å². The van der Waals surface area contributed by atoms with Gasteiger partial charge >= 0.3 is 0 Å². The lowest BCUT2D eigenvalue weighted by Crippen LogP contribution is -2.55. The van der Waals surface area contributed by atoms with Gasteiger partial charge in [-0.2, -0.15) is 8.75 Å². The topological polar surface area (TPSA) is 25.8 Å². The summed E-state index contributed by atoms with van der Waals surface area (Å²) in [7, 11) is -2.09. The summed E-state index contributed by atoms with van der Waals surface area (Å²) in [5, 5.41) is 3.55. The Labute approximate surface area is 726 Å². The highest BCUT2D eigenvalue weighted by molar-refractivity contribution is 7.30. The van der Waals surface area contributed by atoms with Crippen molar-refractivity contribution in [2.24, 2.45) is 0 Å². The second-order valence-electron chi connectivity index (χ2n) is 33.5. The van der Waals surface area contributed by atoms with Gasteiger partial charge in [-0.3, -0.25) is 0 Å². The van der Waals surface area contributed by atoms with E-state index in [-0.39, 0.29) is 0 Å². The van der Waals surface area contributed by atoms with Crippen molar-refractivity contribution in [1.29, 1.82) is 0 Å². The van der Waals surface area contributed by atoms with Crippen molar-refractivity contribution in [1.82, 2.24) is 8.75 Å². The van der Waals surface area contributed by atoms with Gasteiger partial charge in [0.15, 0.2) is 0 Å². The predicted molar refractivity (Wildman–Crippen MR) is 523 cm³/mol. The lowest BCUT2D eigenvalue weighted by Gasteiger charge is -2.31. The molecule has 0 fully saturated rings. The van der Waals surface area contributed by atoms with Gasteiger partial charge in [-0.25, -0.2) is 0 Å². The molecule has 608 valence electrons. The van der Waals surface area contributed by atoms with E-state index in [9.17, 15) is 0 Å². The first-order valence-corrected chi connectivity index (χ1v) is 55.3. The number of fused-ring (bicyclic) bond motifs is 4. The van der Waals surface area contributed by atoms with E-state index >= 15 is 0 Å². The maximum Gasteiger partial charge on any atom is 0.119 e. The largest absolute Gasteiger partial charge is 0.172 e. The van der Waals surface area contributed by atoms with Crippen LogP contribution in [0.25, 0.3) is 112 Å². The van der Waals surface area contributed by atoms with E-state index in [0.29, 0.717) is 0 Å². The van der Waals surface area contributed by atoms with E-state index in [1.54, 1.807) is 38.2 Å². The maximum atomic E-state index is 5.22. The Kier molecular flexibility index (Phi) is 34.5. The van der Waals surface area contributed by atoms with Crippen molar-refractivity contribution in [2.45, 2.75) is 337 Å². The molecular weight excluding hydrogens is 1570 g/mol. The van der Waals surface area contributed by atoms with E-state index in [2.05, 4.69) is 188 Å². The summed E-state index contributed by atoms with van der Waals surface area (Å²) in [6.45, 7) is 18.7. The molecule has 0 N–H and O–H groups in total. The van der Waals surface area contributed by atoms with E-state index in [0.717, 1.165) is 30.3 Å². The molecule has 0 saturated carbocycles. The molecule has 1 aliphatic heterocycles. The second-order valence-corrected chi connectivity index (χ2v) is 47.0. The molecule has 0 unspecified atom stereocenters. The molecule has 0 amide bonds. The van der Waals surface area contributed by atoms with Crippen LogP contribution in [0.5, 0.6) is 0 Å². The Morgan fingerprint density at radius 2 is 0.561 bits per heavy atom. The fourth-order valence-electron chi connectivity index (χ4n) is 18.1. The van der Waals surface area contributed by atoms with Crippen LogP contribution in [0.3, 0.4) is 0 Å². The highest BCUT2D eigenvalue weighted by atomic mass is 32.1. The number of hydrogen-bond acceptors (Lipinski definition) is 11. The number of nitrogens with zero attached hydrogens (tertiary/aromatic N) is 2. The van der Waals surface area contributed by atoms with E-state index in [4.69, 9.17) is 8.75 Å². The first-order chi connectivity index (χ1) is 56.1. The number of hydrogen-bond donors (Lipinski definition) is 0. The third kappa shape index (κ3) is 22.3. The molecule has 12 heteroatoms. The number of benzene rings is 3. The van der Waals surface area contributed by atoms with Crippen LogP contribution >= 0.6 is 102 Å².